The molecule has 204 valence electrons. The Hall–Kier alpha value is -2.52. The molecule has 1 aromatic carbocycles. The van der Waals surface area contributed by atoms with E-state index in [-0.39, 0.29) is 17.1 Å². The van der Waals surface area contributed by atoms with Gasteiger partial charge in [0, 0.05) is 36.1 Å². The number of aromatic carboxylic acids is 1. The molecule has 0 amide bonds. The molecule has 7 nitrogen and oxygen atoms in total. The third-order valence-electron chi connectivity index (χ3n) is 8.63. The number of carbonyl (C=O) groups is 1. The van der Waals surface area contributed by atoms with Crippen LogP contribution >= 0.6 is 11.3 Å². The van der Waals surface area contributed by atoms with Crippen LogP contribution in [0.25, 0.3) is 10.2 Å². The number of anilines is 1. The Morgan fingerprint density at radius 3 is 2.66 bits per heavy atom. The summed E-state index contributed by atoms with van der Waals surface area (Å²) in [5.41, 5.74) is 2.54. The molecule has 9 heteroatoms. The SMILES string of the molecule is CCC1CC[C@@H](CCOCc2c(C3CCCCC3)noc2C2CC2)N1c1nc2c(F)cc(C(=O)O)cc2s1. The van der Waals surface area contributed by atoms with Crippen LogP contribution in [0.2, 0.25) is 0 Å². The van der Waals surface area contributed by atoms with Gasteiger partial charge in [0.2, 0.25) is 0 Å². The maximum Gasteiger partial charge on any atom is 0.335 e. The van der Waals surface area contributed by atoms with Crippen molar-refractivity contribution in [3.8, 4) is 0 Å². The van der Waals surface area contributed by atoms with Gasteiger partial charge in [-0.3, -0.25) is 0 Å². The summed E-state index contributed by atoms with van der Waals surface area (Å²) in [5.74, 6) is 0.345. The minimum atomic E-state index is -1.13. The Bertz CT molecular complexity index is 1300. The zero-order valence-electron chi connectivity index (χ0n) is 22.0. The van der Waals surface area contributed by atoms with Crippen molar-refractivity contribution in [2.45, 2.75) is 108 Å². The van der Waals surface area contributed by atoms with E-state index in [9.17, 15) is 14.3 Å². The first-order valence-electron chi connectivity index (χ1n) is 14.2. The van der Waals surface area contributed by atoms with Crippen LogP contribution in [0.5, 0.6) is 0 Å². The van der Waals surface area contributed by atoms with E-state index < -0.39 is 11.8 Å². The third-order valence-corrected chi connectivity index (χ3v) is 9.64. The van der Waals surface area contributed by atoms with E-state index in [0.29, 0.717) is 35.8 Å². The molecule has 0 bridgehead atoms. The van der Waals surface area contributed by atoms with Crippen LogP contribution in [0.1, 0.15) is 117 Å². The van der Waals surface area contributed by atoms with E-state index in [1.807, 2.05) is 0 Å². The lowest BCUT2D eigenvalue weighted by molar-refractivity contribution is 0.0696. The number of thiazole rings is 1. The molecule has 0 spiro atoms. The molecule has 38 heavy (non-hydrogen) atoms. The normalized spacial score (nSPS) is 22.5. The molecule has 3 fully saturated rings. The zero-order valence-corrected chi connectivity index (χ0v) is 22.8. The summed E-state index contributed by atoms with van der Waals surface area (Å²) in [6, 6.07) is 3.17. The Labute approximate surface area is 226 Å². The number of benzene rings is 1. The van der Waals surface area contributed by atoms with Gasteiger partial charge in [-0.2, -0.15) is 0 Å². The number of carboxylic acids is 1. The number of carboxylic acid groups (broad SMARTS) is 1. The van der Waals surface area contributed by atoms with Gasteiger partial charge in [-0.25, -0.2) is 14.2 Å². The van der Waals surface area contributed by atoms with E-state index in [1.165, 1.54) is 67.9 Å². The summed E-state index contributed by atoms with van der Waals surface area (Å²) < 4.78 is 27.4. The van der Waals surface area contributed by atoms with Crippen molar-refractivity contribution >= 4 is 32.7 Å². The van der Waals surface area contributed by atoms with Crippen molar-refractivity contribution < 1.29 is 23.6 Å². The maximum absolute atomic E-state index is 14.7. The van der Waals surface area contributed by atoms with Gasteiger partial charge < -0.3 is 19.3 Å². The summed E-state index contributed by atoms with van der Waals surface area (Å²) in [4.78, 5) is 18.4. The lowest BCUT2D eigenvalue weighted by Crippen LogP contribution is -2.36. The van der Waals surface area contributed by atoms with E-state index in [1.54, 1.807) is 0 Å². The average molecular weight is 542 g/mol. The number of halogens is 1. The van der Waals surface area contributed by atoms with Crippen LogP contribution < -0.4 is 4.90 Å². The van der Waals surface area contributed by atoms with Crippen molar-refractivity contribution in [2.24, 2.45) is 0 Å². The fourth-order valence-electron chi connectivity index (χ4n) is 6.41. The van der Waals surface area contributed by atoms with Gasteiger partial charge in [-0.05, 0) is 63.5 Å². The molecule has 1 unspecified atom stereocenters. The molecule has 0 radical (unpaired) electrons. The van der Waals surface area contributed by atoms with Crippen molar-refractivity contribution in [3.63, 3.8) is 0 Å². The number of aromatic nitrogens is 2. The third kappa shape index (κ3) is 5.07. The second-order valence-corrected chi connectivity index (χ2v) is 12.2. The topological polar surface area (TPSA) is 88.7 Å². The monoisotopic (exact) mass is 541 g/mol. The number of rotatable bonds is 10. The number of nitrogens with zero attached hydrogens (tertiary/aromatic N) is 3. The predicted molar refractivity (Wildman–Crippen MR) is 145 cm³/mol. The Balaban J connectivity index is 1.14. The largest absolute Gasteiger partial charge is 0.478 e. The smallest absolute Gasteiger partial charge is 0.335 e. The fourth-order valence-corrected chi connectivity index (χ4v) is 7.57. The second-order valence-electron chi connectivity index (χ2n) is 11.2. The molecule has 6 rings (SSSR count). The highest BCUT2D eigenvalue weighted by atomic mass is 32.1. The van der Waals surface area contributed by atoms with Crippen LogP contribution in [-0.2, 0) is 11.3 Å². The molecule has 1 saturated heterocycles. The lowest BCUT2D eigenvalue weighted by atomic mass is 9.85. The first kappa shape index (κ1) is 25.7. The number of hydrogen-bond acceptors (Lipinski definition) is 7. The summed E-state index contributed by atoms with van der Waals surface area (Å²) >= 11 is 1.38. The number of ether oxygens (including phenoxy) is 1. The Morgan fingerprint density at radius 1 is 1.13 bits per heavy atom. The molecule has 2 atom stereocenters. The summed E-state index contributed by atoms with van der Waals surface area (Å²) in [5, 5.41) is 14.6. The fraction of sp³-hybridized carbons (Fsp3) is 0.621. The van der Waals surface area contributed by atoms with Gasteiger partial charge in [-0.15, -0.1) is 0 Å². The molecule has 3 heterocycles. The minimum absolute atomic E-state index is 0.0458. The van der Waals surface area contributed by atoms with Gasteiger partial charge in [0.25, 0.3) is 0 Å². The molecular formula is C29H36FN3O4S. The summed E-state index contributed by atoms with van der Waals surface area (Å²) in [6.07, 6.45) is 12.5. The Morgan fingerprint density at radius 2 is 1.92 bits per heavy atom. The molecule has 3 aliphatic rings. The van der Waals surface area contributed by atoms with E-state index in [4.69, 9.17) is 9.26 Å². The zero-order chi connectivity index (χ0) is 26.2. The van der Waals surface area contributed by atoms with Crippen LogP contribution in [0, 0.1) is 5.82 Å². The van der Waals surface area contributed by atoms with E-state index in [0.717, 1.165) is 48.3 Å². The second kappa shape index (κ2) is 10.9. The first-order chi connectivity index (χ1) is 18.5. The molecule has 2 aliphatic carbocycles. The first-order valence-corrected chi connectivity index (χ1v) is 15.0. The average Bonchev–Trinajstić information content (AvgIpc) is 3.33. The van der Waals surface area contributed by atoms with Gasteiger partial charge in [0.15, 0.2) is 10.9 Å². The number of fused-ring (bicyclic) bond motifs is 1. The number of hydrogen-bond donors (Lipinski definition) is 1. The van der Waals surface area contributed by atoms with E-state index >= 15 is 0 Å². The summed E-state index contributed by atoms with van der Waals surface area (Å²) in [7, 11) is 0. The highest BCUT2D eigenvalue weighted by Gasteiger charge is 2.36. The van der Waals surface area contributed by atoms with Crippen molar-refractivity contribution in [1.29, 1.82) is 0 Å². The van der Waals surface area contributed by atoms with Gasteiger partial charge in [0.05, 0.1) is 22.6 Å². The van der Waals surface area contributed by atoms with Crippen molar-refractivity contribution in [3.05, 3.63) is 40.5 Å². The van der Waals surface area contributed by atoms with Crippen LogP contribution in [0.15, 0.2) is 16.7 Å². The molecule has 3 aromatic rings. The Kier molecular flexibility index (Phi) is 7.40. The van der Waals surface area contributed by atoms with Gasteiger partial charge in [-0.1, -0.05) is 42.7 Å². The maximum atomic E-state index is 14.7. The van der Waals surface area contributed by atoms with Gasteiger partial charge in [0.1, 0.15) is 11.3 Å². The summed E-state index contributed by atoms with van der Waals surface area (Å²) in [6.45, 7) is 3.35. The van der Waals surface area contributed by atoms with Crippen LogP contribution in [0.3, 0.4) is 0 Å². The molecule has 2 aromatic heterocycles. The van der Waals surface area contributed by atoms with Gasteiger partial charge >= 0.3 is 5.97 Å². The molecule has 1 N–H and O–H groups in total. The minimum Gasteiger partial charge on any atom is -0.478 e. The standard InChI is InChI=1S/C29H36FN3O4S/c1-2-20-10-11-21(33(20)29-31-26-23(30)14-19(28(34)35)15-24(26)38-29)12-13-36-16-22-25(17-6-4-3-5-7-17)32-37-27(22)18-8-9-18/h14-15,17-18,20-21H,2-13,16H2,1H3,(H,34,35)/t20?,21-/m0/s1. The van der Waals surface area contributed by atoms with Crippen LogP contribution in [-0.4, -0.2) is 39.9 Å². The van der Waals surface area contributed by atoms with Crippen molar-refractivity contribution in [1.82, 2.24) is 10.1 Å². The van der Waals surface area contributed by atoms with Crippen LogP contribution in [0.4, 0.5) is 9.52 Å². The highest BCUT2D eigenvalue weighted by Crippen LogP contribution is 2.45. The molecule has 1 aliphatic heterocycles. The molecule has 2 saturated carbocycles. The highest BCUT2D eigenvalue weighted by molar-refractivity contribution is 7.22. The quantitative estimate of drug-likeness (QED) is 0.268. The van der Waals surface area contributed by atoms with Crippen molar-refractivity contribution in [2.75, 3.05) is 11.5 Å². The predicted octanol–water partition coefficient (Wildman–Crippen LogP) is 7.40. The van der Waals surface area contributed by atoms with E-state index in [2.05, 4.69) is 22.0 Å². The molecular weight excluding hydrogens is 505 g/mol. The lowest BCUT2D eigenvalue weighted by Gasteiger charge is -2.29.